The zero-order valence-electron chi connectivity index (χ0n) is 15.5. The number of aromatic nitrogens is 2. The number of carbonyl (C=O) groups excluding carboxylic acids is 1. The molecule has 4 aromatic rings. The molecule has 5 nitrogen and oxygen atoms in total. The maximum atomic E-state index is 12.3. The molecule has 0 saturated carbocycles. The second-order valence-electron chi connectivity index (χ2n) is 6.72. The molecule has 5 heteroatoms. The average Bonchev–Trinajstić information content (AvgIpc) is 2.79. The Morgan fingerprint density at radius 1 is 0.931 bits per heavy atom. The van der Waals surface area contributed by atoms with Gasteiger partial charge in [-0.2, -0.15) is 0 Å². The SMILES string of the molecule is O=C(Oc1ccc2c(c1)C=CCN2c1ccc2cccnc2c1)c1ccccn1. The monoisotopic (exact) mass is 379 g/mol. The van der Waals surface area contributed by atoms with Crippen molar-refractivity contribution in [3.63, 3.8) is 0 Å². The maximum absolute atomic E-state index is 12.3. The van der Waals surface area contributed by atoms with Gasteiger partial charge in [0, 0.05) is 41.3 Å². The third kappa shape index (κ3) is 3.34. The molecule has 5 rings (SSSR count). The van der Waals surface area contributed by atoms with Crippen molar-refractivity contribution in [1.82, 2.24) is 9.97 Å². The van der Waals surface area contributed by atoms with E-state index in [9.17, 15) is 4.79 Å². The van der Waals surface area contributed by atoms with E-state index >= 15 is 0 Å². The van der Waals surface area contributed by atoms with Gasteiger partial charge in [0.05, 0.1) is 5.52 Å². The number of ether oxygens (including phenoxy) is 1. The minimum absolute atomic E-state index is 0.283. The molecule has 0 N–H and O–H groups in total. The van der Waals surface area contributed by atoms with Crippen LogP contribution in [0, 0.1) is 0 Å². The number of fused-ring (bicyclic) bond motifs is 2. The highest BCUT2D eigenvalue weighted by molar-refractivity contribution is 5.90. The molecule has 0 spiro atoms. The third-order valence-electron chi connectivity index (χ3n) is 4.86. The summed E-state index contributed by atoms with van der Waals surface area (Å²) in [6, 6.07) is 21.1. The summed E-state index contributed by atoms with van der Waals surface area (Å²) in [6.07, 6.45) is 7.51. The topological polar surface area (TPSA) is 55.3 Å². The van der Waals surface area contributed by atoms with Crippen LogP contribution in [-0.2, 0) is 0 Å². The van der Waals surface area contributed by atoms with Crippen molar-refractivity contribution in [3.8, 4) is 5.75 Å². The molecule has 0 bridgehead atoms. The van der Waals surface area contributed by atoms with Gasteiger partial charge < -0.3 is 9.64 Å². The summed E-state index contributed by atoms with van der Waals surface area (Å²) < 4.78 is 5.50. The van der Waals surface area contributed by atoms with Gasteiger partial charge in [0.25, 0.3) is 0 Å². The van der Waals surface area contributed by atoms with Crippen LogP contribution in [0.4, 0.5) is 11.4 Å². The van der Waals surface area contributed by atoms with Crippen LogP contribution in [0.5, 0.6) is 5.75 Å². The predicted molar refractivity (Wildman–Crippen MR) is 113 cm³/mol. The van der Waals surface area contributed by atoms with Gasteiger partial charge in [-0.25, -0.2) is 9.78 Å². The highest BCUT2D eigenvalue weighted by atomic mass is 16.5. The van der Waals surface area contributed by atoms with Gasteiger partial charge in [-0.3, -0.25) is 4.98 Å². The Kier molecular flexibility index (Phi) is 4.26. The fraction of sp³-hybridized carbons (Fsp3) is 0.0417. The molecule has 0 radical (unpaired) electrons. The Morgan fingerprint density at radius 2 is 1.86 bits per heavy atom. The summed E-state index contributed by atoms with van der Waals surface area (Å²) in [5, 5.41) is 1.11. The highest BCUT2D eigenvalue weighted by Gasteiger charge is 2.17. The molecular formula is C24H17N3O2. The smallest absolute Gasteiger partial charge is 0.362 e. The van der Waals surface area contributed by atoms with Gasteiger partial charge in [0.15, 0.2) is 0 Å². The van der Waals surface area contributed by atoms with Gasteiger partial charge >= 0.3 is 5.97 Å². The molecule has 2 aromatic carbocycles. The van der Waals surface area contributed by atoms with Crippen molar-refractivity contribution in [2.24, 2.45) is 0 Å². The lowest BCUT2D eigenvalue weighted by Crippen LogP contribution is -2.20. The fourth-order valence-corrected chi connectivity index (χ4v) is 3.47. The Morgan fingerprint density at radius 3 is 2.76 bits per heavy atom. The zero-order chi connectivity index (χ0) is 19.6. The number of hydrogen-bond donors (Lipinski definition) is 0. The van der Waals surface area contributed by atoms with Crippen molar-refractivity contribution in [3.05, 3.63) is 96.5 Å². The number of hydrogen-bond acceptors (Lipinski definition) is 5. The molecule has 29 heavy (non-hydrogen) atoms. The van der Waals surface area contributed by atoms with E-state index in [1.54, 1.807) is 30.6 Å². The molecule has 140 valence electrons. The second kappa shape index (κ2) is 7.20. The van der Waals surface area contributed by atoms with Crippen LogP contribution in [0.1, 0.15) is 16.1 Å². The van der Waals surface area contributed by atoms with Gasteiger partial charge in [0.1, 0.15) is 11.4 Å². The molecule has 0 atom stereocenters. The first-order valence-corrected chi connectivity index (χ1v) is 9.34. The third-order valence-corrected chi connectivity index (χ3v) is 4.86. The molecular weight excluding hydrogens is 362 g/mol. The van der Waals surface area contributed by atoms with Crippen molar-refractivity contribution < 1.29 is 9.53 Å². The summed E-state index contributed by atoms with van der Waals surface area (Å²) >= 11 is 0. The predicted octanol–water partition coefficient (Wildman–Crippen LogP) is 5.01. The van der Waals surface area contributed by atoms with Gasteiger partial charge in [0.2, 0.25) is 0 Å². The lowest BCUT2D eigenvalue weighted by atomic mass is 10.1. The van der Waals surface area contributed by atoms with Crippen LogP contribution in [-0.4, -0.2) is 22.5 Å². The fourth-order valence-electron chi connectivity index (χ4n) is 3.47. The highest BCUT2D eigenvalue weighted by Crippen LogP contribution is 2.35. The van der Waals surface area contributed by atoms with Crippen LogP contribution < -0.4 is 9.64 Å². The number of nitrogens with zero attached hydrogens (tertiary/aromatic N) is 3. The number of rotatable bonds is 3. The van der Waals surface area contributed by atoms with E-state index in [1.165, 1.54) is 0 Å². The lowest BCUT2D eigenvalue weighted by Gasteiger charge is -2.28. The Balaban J connectivity index is 1.45. The molecule has 2 aromatic heterocycles. The first-order valence-electron chi connectivity index (χ1n) is 9.34. The normalized spacial score (nSPS) is 12.6. The molecule has 0 aliphatic carbocycles. The van der Waals surface area contributed by atoms with Crippen LogP contribution in [0.2, 0.25) is 0 Å². The van der Waals surface area contributed by atoms with Crippen LogP contribution in [0.25, 0.3) is 17.0 Å². The summed E-state index contributed by atoms with van der Waals surface area (Å²) in [5.41, 5.74) is 4.36. The van der Waals surface area contributed by atoms with E-state index in [2.05, 4.69) is 45.2 Å². The van der Waals surface area contributed by atoms with E-state index < -0.39 is 5.97 Å². The average molecular weight is 379 g/mol. The molecule has 0 amide bonds. The number of benzene rings is 2. The van der Waals surface area contributed by atoms with Crippen molar-refractivity contribution >= 4 is 34.3 Å². The van der Waals surface area contributed by atoms with E-state index in [0.717, 1.165) is 34.4 Å². The Hall–Kier alpha value is -3.99. The first-order chi connectivity index (χ1) is 14.3. The van der Waals surface area contributed by atoms with Crippen LogP contribution in [0.3, 0.4) is 0 Å². The summed E-state index contributed by atoms with van der Waals surface area (Å²) in [7, 11) is 0. The quantitative estimate of drug-likeness (QED) is 0.370. The van der Waals surface area contributed by atoms with Crippen molar-refractivity contribution in [1.29, 1.82) is 0 Å². The summed E-state index contributed by atoms with van der Waals surface area (Å²) in [6.45, 7) is 0.762. The number of pyridine rings is 2. The molecule has 1 aliphatic heterocycles. The van der Waals surface area contributed by atoms with E-state index in [4.69, 9.17) is 4.74 Å². The molecule has 0 unspecified atom stereocenters. The molecule has 0 saturated heterocycles. The minimum Gasteiger partial charge on any atom is -0.422 e. The van der Waals surface area contributed by atoms with Crippen LogP contribution in [0.15, 0.2) is 85.2 Å². The first kappa shape index (κ1) is 17.1. The summed E-state index contributed by atoms with van der Waals surface area (Å²) in [5.74, 6) is 0.0221. The lowest BCUT2D eigenvalue weighted by molar-refractivity contribution is 0.0728. The number of carbonyl (C=O) groups is 1. The summed E-state index contributed by atoms with van der Waals surface area (Å²) in [4.78, 5) is 23.0. The van der Waals surface area contributed by atoms with Gasteiger partial charge in [-0.1, -0.05) is 30.4 Å². The molecule has 3 heterocycles. The van der Waals surface area contributed by atoms with Crippen molar-refractivity contribution in [2.45, 2.75) is 0 Å². The maximum Gasteiger partial charge on any atom is 0.362 e. The zero-order valence-corrected chi connectivity index (χ0v) is 15.5. The molecule has 0 fully saturated rings. The number of anilines is 2. The van der Waals surface area contributed by atoms with Gasteiger partial charge in [-0.05, 0) is 48.5 Å². The van der Waals surface area contributed by atoms with Crippen molar-refractivity contribution in [2.75, 3.05) is 11.4 Å². The Labute approximate surface area is 167 Å². The number of esters is 1. The Bertz CT molecular complexity index is 1240. The van der Waals surface area contributed by atoms with Crippen LogP contribution >= 0.6 is 0 Å². The standard InChI is InChI=1S/C24H17N3O2/c28-24(21-7-1-2-12-25-21)29-20-10-11-23-18(15-20)6-4-14-27(23)19-9-8-17-5-3-13-26-22(17)16-19/h1-13,15-16H,14H2. The van der Waals surface area contributed by atoms with E-state index in [-0.39, 0.29) is 5.69 Å². The van der Waals surface area contributed by atoms with E-state index in [0.29, 0.717) is 5.75 Å². The van der Waals surface area contributed by atoms with Gasteiger partial charge in [-0.15, -0.1) is 0 Å². The second-order valence-corrected chi connectivity index (χ2v) is 6.72. The largest absolute Gasteiger partial charge is 0.422 e. The van der Waals surface area contributed by atoms with E-state index in [1.807, 2.05) is 30.3 Å². The molecule has 1 aliphatic rings. The minimum atomic E-state index is -0.470.